The quantitative estimate of drug-likeness (QED) is 0.401. The van der Waals surface area contributed by atoms with Crippen LogP contribution in [0.25, 0.3) is 11.6 Å². The molecule has 0 radical (unpaired) electrons. The topological polar surface area (TPSA) is 55.8 Å². The van der Waals surface area contributed by atoms with Gasteiger partial charge in [-0.1, -0.05) is 62.2 Å². The first-order chi connectivity index (χ1) is 12.2. The third-order valence-electron chi connectivity index (χ3n) is 3.84. The Balaban J connectivity index is 2.40. The van der Waals surface area contributed by atoms with Crippen molar-refractivity contribution in [3.05, 3.63) is 59.7 Å². The molecule has 0 unspecified atom stereocenters. The minimum Gasteiger partial charge on any atom is -0.493 e. The van der Waals surface area contributed by atoms with E-state index in [-0.39, 0.29) is 5.57 Å². The van der Waals surface area contributed by atoms with Gasteiger partial charge in [0, 0.05) is 5.56 Å². The van der Waals surface area contributed by atoms with Gasteiger partial charge in [0.15, 0.2) is 11.5 Å². The zero-order chi connectivity index (χ0) is 18.1. The molecular formula is C21H24O4. The van der Waals surface area contributed by atoms with Gasteiger partial charge < -0.3 is 14.6 Å². The van der Waals surface area contributed by atoms with E-state index in [0.717, 1.165) is 19.3 Å². The van der Waals surface area contributed by atoms with E-state index < -0.39 is 5.97 Å². The standard InChI is InChI=1S/C21H24O4/c1-3-4-8-14-25-20-17(12-9-13-19(20)24-2)15-18(21(22)23)16-10-6-5-7-11-16/h5-7,9-13,15H,3-4,8,14H2,1-2H3,(H,22,23)/b18-15-. The van der Waals surface area contributed by atoms with Crippen molar-refractivity contribution in [3.8, 4) is 11.5 Å². The third-order valence-corrected chi connectivity index (χ3v) is 3.84. The highest BCUT2D eigenvalue weighted by atomic mass is 16.5. The van der Waals surface area contributed by atoms with Crippen LogP contribution in [0.1, 0.15) is 37.3 Å². The summed E-state index contributed by atoms with van der Waals surface area (Å²) < 4.78 is 11.3. The molecule has 0 aromatic heterocycles. The molecule has 4 nitrogen and oxygen atoms in total. The van der Waals surface area contributed by atoms with E-state index in [4.69, 9.17) is 9.47 Å². The van der Waals surface area contributed by atoms with Gasteiger partial charge in [-0.2, -0.15) is 0 Å². The fourth-order valence-electron chi connectivity index (χ4n) is 2.53. The van der Waals surface area contributed by atoms with Gasteiger partial charge in [0.05, 0.1) is 19.3 Å². The summed E-state index contributed by atoms with van der Waals surface area (Å²) in [5, 5.41) is 9.61. The van der Waals surface area contributed by atoms with E-state index in [1.165, 1.54) is 0 Å². The van der Waals surface area contributed by atoms with Crippen molar-refractivity contribution in [2.75, 3.05) is 13.7 Å². The van der Waals surface area contributed by atoms with Gasteiger partial charge >= 0.3 is 5.97 Å². The normalized spacial score (nSPS) is 11.2. The molecule has 0 bridgehead atoms. The molecule has 0 amide bonds. The van der Waals surface area contributed by atoms with Crippen molar-refractivity contribution < 1.29 is 19.4 Å². The molecule has 1 N–H and O–H groups in total. The van der Waals surface area contributed by atoms with E-state index in [0.29, 0.717) is 29.2 Å². The minimum atomic E-state index is -0.981. The summed E-state index contributed by atoms with van der Waals surface area (Å²) in [7, 11) is 1.58. The number of unbranched alkanes of at least 4 members (excludes halogenated alkanes) is 2. The lowest BCUT2D eigenvalue weighted by Gasteiger charge is -2.14. The van der Waals surface area contributed by atoms with Crippen LogP contribution in [0.4, 0.5) is 0 Å². The number of hydrogen-bond acceptors (Lipinski definition) is 3. The molecule has 2 aromatic rings. The Morgan fingerprint density at radius 2 is 1.84 bits per heavy atom. The van der Waals surface area contributed by atoms with Crippen LogP contribution < -0.4 is 9.47 Å². The highest BCUT2D eigenvalue weighted by molar-refractivity contribution is 6.20. The highest BCUT2D eigenvalue weighted by Crippen LogP contribution is 2.34. The lowest BCUT2D eigenvalue weighted by Crippen LogP contribution is -2.03. The van der Waals surface area contributed by atoms with E-state index in [1.807, 2.05) is 36.4 Å². The van der Waals surface area contributed by atoms with E-state index in [1.54, 1.807) is 25.3 Å². The molecule has 0 spiro atoms. The van der Waals surface area contributed by atoms with Crippen LogP contribution >= 0.6 is 0 Å². The molecule has 0 atom stereocenters. The molecule has 0 aliphatic rings. The number of aliphatic carboxylic acids is 1. The zero-order valence-electron chi connectivity index (χ0n) is 14.7. The predicted octanol–water partition coefficient (Wildman–Crippen LogP) is 4.89. The number of carbonyl (C=O) groups is 1. The fraction of sp³-hybridized carbons (Fsp3) is 0.286. The van der Waals surface area contributed by atoms with Crippen LogP contribution in [0, 0.1) is 0 Å². The highest BCUT2D eigenvalue weighted by Gasteiger charge is 2.14. The van der Waals surface area contributed by atoms with Gasteiger partial charge in [0.1, 0.15) is 0 Å². The van der Waals surface area contributed by atoms with Crippen molar-refractivity contribution in [1.29, 1.82) is 0 Å². The molecule has 25 heavy (non-hydrogen) atoms. The fourth-order valence-corrected chi connectivity index (χ4v) is 2.53. The summed E-state index contributed by atoms with van der Waals surface area (Å²) in [5.74, 6) is 0.199. The van der Waals surface area contributed by atoms with Crippen molar-refractivity contribution >= 4 is 17.6 Å². The Kier molecular flexibility index (Phi) is 7.08. The zero-order valence-corrected chi connectivity index (χ0v) is 14.7. The SMILES string of the molecule is CCCCCOc1c(/C=C(\C(=O)O)c2ccccc2)cccc1OC. The van der Waals surface area contributed by atoms with Crippen LogP contribution in [0.2, 0.25) is 0 Å². The van der Waals surface area contributed by atoms with Crippen LogP contribution in [0.15, 0.2) is 48.5 Å². The summed E-state index contributed by atoms with van der Waals surface area (Å²) in [6.45, 7) is 2.71. The maximum Gasteiger partial charge on any atom is 0.336 e. The van der Waals surface area contributed by atoms with Gasteiger partial charge in [-0.05, 0) is 24.1 Å². The maximum absolute atomic E-state index is 11.7. The van der Waals surface area contributed by atoms with Crippen molar-refractivity contribution in [3.63, 3.8) is 0 Å². The van der Waals surface area contributed by atoms with Gasteiger partial charge in [-0.3, -0.25) is 0 Å². The number of hydrogen-bond donors (Lipinski definition) is 1. The number of methoxy groups -OCH3 is 1. The second-order valence-corrected chi connectivity index (χ2v) is 5.66. The largest absolute Gasteiger partial charge is 0.493 e. The number of para-hydroxylation sites is 1. The van der Waals surface area contributed by atoms with Crippen LogP contribution in [0.5, 0.6) is 11.5 Å². The lowest BCUT2D eigenvalue weighted by atomic mass is 10.0. The Hall–Kier alpha value is -2.75. The van der Waals surface area contributed by atoms with E-state index >= 15 is 0 Å². The first-order valence-corrected chi connectivity index (χ1v) is 8.47. The minimum absolute atomic E-state index is 0.215. The number of benzene rings is 2. The van der Waals surface area contributed by atoms with Crippen molar-refractivity contribution in [1.82, 2.24) is 0 Å². The smallest absolute Gasteiger partial charge is 0.336 e. The number of ether oxygens (including phenoxy) is 2. The van der Waals surface area contributed by atoms with Crippen LogP contribution in [-0.4, -0.2) is 24.8 Å². The molecule has 0 saturated heterocycles. The first-order valence-electron chi connectivity index (χ1n) is 8.47. The average molecular weight is 340 g/mol. The molecule has 2 rings (SSSR count). The molecule has 0 saturated carbocycles. The number of rotatable bonds is 9. The Bertz CT molecular complexity index is 720. The molecule has 0 aliphatic carbocycles. The first kappa shape index (κ1) is 18.6. The van der Waals surface area contributed by atoms with Gasteiger partial charge in [-0.15, -0.1) is 0 Å². The Morgan fingerprint density at radius 1 is 1.08 bits per heavy atom. The molecular weight excluding hydrogens is 316 g/mol. The second-order valence-electron chi connectivity index (χ2n) is 5.66. The van der Waals surface area contributed by atoms with Crippen molar-refractivity contribution in [2.24, 2.45) is 0 Å². The number of carboxylic acid groups (broad SMARTS) is 1. The molecule has 4 heteroatoms. The molecule has 2 aromatic carbocycles. The van der Waals surface area contributed by atoms with E-state index in [2.05, 4.69) is 6.92 Å². The Labute approximate surface area is 148 Å². The average Bonchev–Trinajstić information content (AvgIpc) is 2.64. The summed E-state index contributed by atoms with van der Waals surface area (Å²) in [4.78, 5) is 11.7. The predicted molar refractivity (Wildman–Crippen MR) is 100.0 cm³/mol. The monoisotopic (exact) mass is 340 g/mol. The van der Waals surface area contributed by atoms with Gasteiger partial charge in [-0.25, -0.2) is 4.79 Å². The molecule has 132 valence electrons. The number of carboxylic acids is 1. The maximum atomic E-state index is 11.7. The summed E-state index contributed by atoms with van der Waals surface area (Å²) in [5.41, 5.74) is 1.55. The van der Waals surface area contributed by atoms with Crippen LogP contribution in [0.3, 0.4) is 0 Å². The molecule has 0 heterocycles. The molecule has 0 fully saturated rings. The second kappa shape index (κ2) is 9.52. The van der Waals surface area contributed by atoms with E-state index in [9.17, 15) is 9.90 Å². The summed E-state index contributed by atoms with van der Waals surface area (Å²) in [6, 6.07) is 14.5. The summed E-state index contributed by atoms with van der Waals surface area (Å²) >= 11 is 0. The third kappa shape index (κ3) is 5.11. The van der Waals surface area contributed by atoms with Crippen molar-refractivity contribution in [2.45, 2.75) is 26.2 Å². The van der Waals surface area contributed by atoms with Crippen LogP contribution in [-0.2, 0) is 4.79 Å². The Morgan fingerprint density at radius 3 is 2.48 bits per heavy atom. The molecule has 0 aliphatic heterocycles. The van der Waals surface area contributed by atoms with Gasteiger partial charge in [0.2, 0.25) is 0 Å². The lowest BCUT2D eigenvalue weighted by molar-refractivity contribution is -0.130. The van der Waals surface area contributed by atoms with Gasteiger partial charge in [0.25, 0.3) is 0 Å². The summed E-state index contributed by atoms with van der Waals surface area (Å²) in [6.07, 6.45) is 4.78.